The monoisotopic (exact) mass is 198 g/mol. The van der Waals surface area contributed by atoms with Gasteiger partial charge in [0.2, 0.25) is 0 Å². The molecule has 1 atom stereocenters. The van der Waals surface area contributed by atoms with Crippen LogP contribution in [0.5, 0.6) is 0 Å². The molecule has 0 aliphatic carbocycles. The van der Waals surface area contributed by atoms with Crippen molar-refractivity contribution in [2.45, 2.75) is 33.4 Å². The fourth-order valence-corrected chi connectivity index (χ4v) is 0.943. The normalized spacial score (nSPS) is 17.2. The Kier molecular flexibility index (Phi) is 3.35. The van der Waals surface area contributed by atoms with Gasteiger partial charge in [-0.1, -0.05) is 13.8 Å². The third-order valence-electron chi connectivity index (χ3n) is 2.33. The highest BCUT2D eigenvalue weighted by Crippen LogP contribution is 2.39. The Balaban J connectivity index is 4.73. The highest BCUT2D eigenvalue weighted by Gasteiger charge is 2.46. The number of rotatable bonds is 3. The fraction of sp³-hybridized carbons (Fsp3) is 0.875. The van der Waals surface area contributed by atoms with Crippen LogP contribution in [0.15, 0.2) is 0 Å². The van der Waals surface area contributed by atoms with Crippen molar-refractivity contribution in [2.75, 3.05) is 0 Å². The molecule has 0 radical (unpaired) electrons. The first-order chi connectivity index (χ1) is 5.59. The van der Waals surface area contributed by atoms with Crippen LogP contribution < -0.4 is 0 Å². The number of halogens is 3. The lowest BCUT2D eigenvalue weighted by molar-refractivity contribution is -0.182. The molecule has 13 heavy (non-hydrogen) atoms. The second kappa shape index (κ2) is 3.55. The van der Waals surface area contributed by atoms with Crippen LogP contribution in [0.2, 0.25) is 0 Å². The van der Waals surface area contributed by atoms with Gasteiger partial charge in [0.05, 0.1) is 11.8 Å². The van der Waals surface area contributed by atoms with E-state index in [0.717, 1.165) is 6.92 Å². The highest BCUT2D eigenvalue weighted by atomic mass is 19.4. The zero-order chi connectivity index (χ0) is 10.9. The summed E-state index contributed by atoms with van der Waals surface area (Å²) in [5.74, 6) is -1.95. The van der Waals surface area contributed by atoms with Crippen molar-refractivity contribution in [2.24, 2.45) is 11.3 Å². The van der Waals surface area contributed by atoms with Crippen molar-refractivity contribution in [1.82, 2.24) is 0 Å². The minimum absolute atomic E-state index is 0.549. The SMILES string of the molecule is CC(C)C(C)(CC(F)(F)F)C(=O)O. The number of hydrogen-bond donors (Lipinski definition) is 1. The highest BCUT2D eigenvalue weighted by molar-refractivity contribution is 5.74. The summed E-state index contributed by atoms with van der Waals surface area (Å²) >= 11 is 0. The van der Waals surface area contributed by atoms with Crippen LogP contribution >= 0.6 is 0 Å². The maximum atomic E-state index is 12.0. The molecule has 0 aromatic carbocycles. The molecule has 0 saturated carbocycles. The molecule has 5 heteroatoms. The number of hydrogen-bond acceptors (Lipinski definition) is 1. The molecular weight excluding hydrogens is 185 g/mol. The van der Waals surface area contributed by atoms with Crippen LogP contribution in [-0.4, -0.2) is 17.3 Å². The summed E-state index contributed by atoms with van der Waals surface area (Å²) in [6, 6.07) is 0. The molecule has 0 aliphatic heterocycles. The van der Waals surface area contributed by atoms with E-state index in [2.05, 4.69) is 0 Å². The Labute approximate surface area is 74.7 Å². The Morgan fingerprint density at radius 3 is 1.85 bits per heavy atom. The largest absolute Gasteiger partial charge is 0.481 e. The van der Waals surface area contributed by atoms with Crippen LogP contribution in [0.1, 0.15) is 27.2 Å². The van der Waals surface area contributed by atoms with E-state index in [1.54, 1.807) is 0 Å². The molecule has 0 heterocycles. The minimum atomic E-state index is -4.43. The lowest BCUT2D eigenvalue weighted by atomic mass is 9.76. The van der Waals surface area contributed by atoms with Crippen LogP contribution in [0.25, 0.3) is 0 Å². The van der Waals surface area contributed by atoms with Gasteiger partial charge in [-0.15, -0.1) is 0 Å². The second-order valence-electron chi connectivity index (χ2n) is 3.67. The maximum absolute atomic E-state index is 12.0. The molecule has 0 aromatic rings. The van der Waals surface area contributed by atoms with E-state index in [0.29, 0.717) is 0 Å². The van der Waals surface area contributed by atoms with Gasteiger partial charge in [0.25, 0.3) is 0 Å². The van der Waals surface area contributed by atoms with Crippen LogP contribution in [0.3, 0.4) is 0 Å². The molecule has 0 amide bonds. The van der Waals surface area contributed by atoms with Crippen LogP contribution in [-0.2, 0) is 4.79 Å². The van der Waals surface area contributed by atoms with E-state index in [4.69, 9.17) is 5.11 Å². The van der Waals surface area contributed by atoms with Gasteiger partial charge in [0.15, 0.2) is 0 Å². The molecule has 1 N–H and O–H groups in total. The van der Waals surface area contributed by atoms with E-state index < -0.39 is 29.9 Å². The van der Waals surface area contributed by atoms with Crippen molar-refractivity contribution in [3.05, 3.63) is 0 Å². The Bertz CT molecular complexity index is 198. The van der Waals surface area contributed by atoms with Gasteiger partial charge < -0.3 is 5.11 Å². The van der Waals surface area contributed by atoms with Crippen LogP contribution in [0.4, 0.5) is 13.2 Å². The molecule has 2 nitrogen and oxygen atoms in total. The molecule has 0 aromatic heterocycles. The molecular formula is C8H13F3O2. The third-order valence-corrected chi connectivity index (χ3v) is 2.33. The average Bonchev–Trinajstić information content (AvgIpc) is 1.82. The summed E-state index contributed by atoms with van der Waals surface area (Å²) < 4.78 is 36.0. The number of alkyl halides is 3. The number of carboxylic acids is 1. The zero-order valence-electron chi connectivity index (χ0n) is 7.77. The Morgan fingerprint density at radius 2 is 1.77 bits per heavy atom. The van der Waals surface area contributed by atoms with Crippen molar-refractivity contribution >= 4 is 5.97 Å². The predicted molar refractivity (Wildman–Crippen MR) is 41.3 cm³/mol. The van der Waals surface area contributed by atoms with E-state index in [9.17, 15) is 18.0 Å². The van der Waals surface area contributed by atoms with E-state index in [1.165, 1.54) is 13.8 Å². The lowest BCUT2D eigenvalue weighted by Crippen LogP contribution is -2.37. The topological polar surface area (TPSA) is 37.3 Å². The molecule has 0 saturated heterocycles. The Hall–Kier alpha value is -0.740. The summed E-state index contributed by atoms with van der Waals surface area (Å²) in [4.78, 5) is 10.6. The maximum Gasteiger partial charge on any atom is 0.390 e. The summed E-state index contributed by atoms with van der Waals surface area (Å²) in [6.07, 6.45) is -5.72. The first-order valence-electron chi connectivity index (χ1n) is 3.90. The fourth-order valence-electron chi connectivity index (χ4n) is 0.943. The minimum Gasteiger partial charge on any atom is -0.481 e. The smallest absolute Gasteiger partial charge is 0.390 e. The van der Waals surface area contributed by atoms with Gasteiger partial charge in [-0.25, -0.2) is 0 Å². The van der Waals surface area contributed by atoms with Crippen molar-refractivity contribution in [3.8, 4) is 0 Å². The molecule has 0 rings (SSSR count). The molecule has 78 valence electrons. The molecule has 1 unspecified atom stereocenters. The summed E-state index contributed by atoms with van der Waals surface area (Å²) in [6.45, 7) is 4.06. The molecule has 0 bridgehead atoms. The van der Waals surface area contributed by atoms with E-state index >= 15 is 0 Å². The molecule has 0 fully saturated rings. The van der Waals surface area contributed by atoms with Gasteiger partial charge in [-0.05, 0) is 12.8 Å². The van der Waals surface area contributed by atoms with Gasteiger partial charge in [0.1, 0.15) is 0 Å². The lowest BCUT2D eigenvalue weighted by Gasteiger charge is -2.29. The number of carboxylic acid groups (broad SMARTS) is 1. The third kappa shape index (κ3) is 3.24. The standard InChI is InChI=1S/C8H13F3O2/c1-5(2)7(3,6(12)13)4-8(9,10)11/h5H,4H2,1-3H3,(H,12,13). The molecule has 0 aliphatic rings. The van der Waals surface area contributed by atoms with Crippen molar-refractivity contribution < 1.29 is 23.1 Å². The van der Waals surface area contributed by atoms with Gasteiger partial charge >= 0.3 is 12.1 Å². The number of aliphatic carboxylic acids is 1. The second-order valence-corrected chi connectivity index (χ2v) is 3.67. The zero-order valence-corrected chi connectivity index (χ0v) is 7.77. The first-order valence-corrected chi connectivity index (χ1v) is 3.90. The summed E-state index contributed by atoms with van der Waals surface area (Å²) in [5.41, 5.74) is -1.72. The van der Waals surface area contributed by atoms with Crippen molar-refractivity contribution in [1.29, 1.82) is 0 Å². The Morgan fingerprint density at radius 1 is 1.38 bits per heavy atom. The van der Waals surface area contributed by atoms with Gasteiger partial charge in [-0.3, -0.25) is 4.79 Å². The average molecular weight is 198 g/mol. The summed E-state index contributed by atoms with van der Waals surface area (Å²) in [5, 5.41) is 8.67. The van der Waals surface area contributed by atoms with Gasteiger partial charge in [0, 0.05) is 0 Å². The number of carbonyl (C=O) groups is 1. The van der Waals surface area contributed by atoms with E-state index in [1.807, 2.05) is 0 Å². The first kappa shape index (κ1) is 12.3. The van der Waals surface area contributed by atoms with Gasteiger partial charge in [-0.2, -0.15) is 13.2 Å². The quantitative estimate of drug-likeness (QED) is 0.756. The van der Waals surface area contributed by atoms with Crippen LogP contribution in [0, 0.1) is 11.3 Å². The predicted octanol–water partition coefficient (Wildman–Crippen LogP) is 2.69. The summed E-state index contributed by atoms with van der Waals surface area (Å²) in [7, 11) is 0. The van der Waals surface area contributed by atoms with Crippen molar-refractivity contribution in [3.63, 3.8) is 0 Å². The molecule has 0 spiro atoms. The van der Waals surface area contributed by atoms with E-state index in [-0.39, 0.29) is 0 Å².